The van der Waals surface area contributed by atoms with Gasteiger partial charge < -0.3 is 14.4 Å². The van der Waals surface area contributed by atoms with E-state index in [1.807, 2.05) is 30.0 Å². The lowest BCUT2D eigenvalue weighted by atomic mass is 9.70. The van der Waals surface area contributed by atoms with Gasteiger partial charge in [-0.05, 0) is 70.7 Å². The predicted octanol–water partition coefficient (Wildman–Crippen LogP) is 4.17. The molecular weight excluding hydrogens is 414 g/mol. The molecule has 3 aliphatic rings. The first-order chi connectivity index (χ1) is 14.1. The number of amides is 1. The summed E-state index contributed by atoms with van der Waals surface area (Å²) in [7, 11) is -1.34. The van der Waals surface area contributed by atoms with E-state index in [0.717, 1.165) is 25.7 Å². The standard InChI is InChI=1S/C21H28F2N2O4S/c1-20(2,3)29-19(26)25-14-4-5-15(25)11-21(10-14)12-24(13-21)30(27)17-8-6-16(7-9-17)28-18(22)23/h6-9,14-15,18H,4-5,10-13H2,1-3H3. The van der Waals surface area contributed by atoms with Gasteiger partial charge in [-0.15, -0.1) is 0 Å². The Balaban J connectivity index is 1.35. The number of halogens is 2. The largest absolute Gasteiger partial charge is 0.444 e. The van der Waals surface area contributed by atoms with Crippen LogP contribution in [-0.4, -0.2) is 56.9 Å². The normalized spacial score (nSPS) is 26.5. The third-order valence-electron chi connectivity index (χ3n) is 6.07. The molecule has 0 aromatic heterocycles. The number of carbonyl (C=O) groups is 1. The Labute approximate surface area is 178 Å². The van der Waals surface area contributed by atoms with E-state index in [1.54, 1.807) is 12.1 Å². The van der Waals surface area contributed by atoms with Crippen LogP contribution < -0.4 is 4.74 Å². The van der Waals surface area contributed by atoms with Gasteiger partial charge in [-0.2, -0.15) is 8.78 Å². The van der Waals surface area contributed by atoms with Gasteiger partial charge in [0, 0.05) is 30.6 Å². The summed E-state index contributed by atoms with van der Waals surface area (Å²) in [6.45, 7) is 4.18. The molecular formula is C21H28F2N2O4S. The highest BCUT2D eigenvalue weighted by molar-refractivity contribution is 7.82. The fourth-order valence-electron chi connectivity index (χ4n) is 5.02. The van der Waals surface area contributed by atoms with Crippen LogP contribution in [-0.2, 0) is 15.7 Å². The van der Waals surface area contributed by atoms with Gasteiger partial charge in [0.05, 0.1) is 4.90 Å². The molecule has 0 N–H and O–H groups in total. The average molecular weight is 443 g/mol. The molecule has 30 heavy (non-hydrogen) atoms. The number of hydrogen-bond acceptors (Lipinski definition) is 4. The number of fused-ring (bicyclic) bond motifs is 2. The van der Waals surface area contributed by atoms with E-state index in [9.17, 15) is 17.8 Å². The van der Waals surface area contributed by atoms with Gasteiger partial charge in [-0.1, -0.05) is 0 Å². The van der Waals surface area contributed by atoms with Crippen LogP contribution in [0.25, 0.3) is 0 Å². The number of alkyl halides is 2. The number of piperidine rings is 1. The van der Waals surface area contributed by atoms with Gasteiger partial charge in [0.15, 0.2) is 0 Å². The lowest BCUT2D eigenvalue weighted by Gasteiger charge is -2.55. The van der Waals surface area contributed by atoms with E-state index >= 15 is 0 Å². The second-order valence-electron chi connectivity index (χ2n) is 9.58. The third-order valence-corrected chi connectivity index (χ3v) is 7.47. The summed E-state index contributed by atoms with van der Waals surface area (Å²) < 4.78 is 49.3. The van der Waals surface area contributed by atoms with Gasteiger partial charge >= 0.3 is 12.7 Å². The minimum absolute atomic E-state index is 0.0527. The van der Waals surface area contributed by atoms with Gasteiger partial charge in [-0.3, -0.25) is 0 Å². The van der Waals surface area contributed by atoms with Crippen molar-refractivity contribution < 1.29 is 27.3 Å². The van der Waals surface area contributed by atoms with Gasteiger partial charge in [-0.25, -0.2) is 13.3 Å². The van der Waals surface area contributed by atoms with Crippen LogP contribution in [0.15, 0.2) is 29.2 Å². The zero-order valence-corrected chi connectivity index (χ0v) is 18.3. The van der Waals surface area contributed by atoms with E-state index in [0.29, 0.717) is 18.0 Å². The molecule has 6 nitrogen and oxygen atoms in total. The first-order valence-electron chi connectivity index (χ1n) is 10.3. The molecule has 3 heterocycles. The average Bonchev–Trinajstić information content (AvgIpc) is 2.89. The van der Waals surface area contributed by atoms with Crippen LogP contribution in [0.3, 0.4) is 0 Å². The lowest BCUT2D eigenvalue weighted by molar-refractivity contribution is -0.0500. The maximum Gasteiger partial charge on any atom is 0.410 e. The van der Waals surface area contributed by atoms with Crippen molar-refractivity contribution in [1.29, 1.82) is 0 Å². The lowest BCUT2D eigenvalue weighted by Crippen LogP contribution is -2.63. The minimum atomic E-state index is -2.88. The number of ether oxygens (including phenoxy) is 2. The molecule has 166 valence electrons. The molecule has 3 atom stereocenters. The fraction of sp³-hybridized carbons (Fsp3) is 0.667. The Hall–Kier alpha value is -1.74. The summed E-state index contributed by atoms with van der Waals surface area (Å²) in [5.74, 6) is 0.0527. The smallest absolute Gasteiger partial charge is 0.410 e. The van der Waals surface area contributed by atoms with Crippen LogP contribution in [0.4, 0.5) is 13.6 Å². The second kappa shape index (κ2) is 7.75. The maximum absolute atomic E-state index is 12.9. The molecule has 3 saturated heterocycles. The topological polar surface area (TPSA) is 59.1 Å². The zero-order chi connectivity index (χ0) is 21.7. The molecule has 1 aromatic rings. The number of carbonyl (C=O) groups excluding carboxylic acids is 1. The molecule has 0 radical (unpaired) electrons. The maximum atomic E-state index is 12.9. The first-order valence-corrected chi connectivity index (χ1v) is 11.4. The SMILES string of the molecule is CC(C)(C)OC(=O)N1C2CCC1CC1(C2)CN(S(=O)c2ccc(OC(F)F)cc2)C1. The molecule has 9 heteroatoms. The van der Waals surface area contributed by atoms with E-state index in [-0.39, 0.29) is 29.3 Å². The van der Waals surface area contributed by atoms with Gasteiger partial charge in [0.2, 0.25) is 0 Å². The zero-order valence-electron chi connectivity index (χ0n) is 17.5. The van der Waals surface area contributed by atoms with E-state index < -0.39 is 23.2 Å². The van der Waals surface area contributed by atoms with Gasteiger partial charge in [0.25, 0.3) is 0 Å². The second-order valence-corrected chi connectivity index (χ2v) is 11.1. The van der Waals surface area contributed by atoms with Crippen LogP contribution in [0.2, 0.25) is 0 Å². The number of nitrogens with zero attached hydrogens (tertiary/aromatic N) is 2. The Morgan fingerprint density at radius 2 is 1.70 bits per heavy atom. The van der Waals surface area contributed by atoms with Crippen LogP contribution in [0, 0.1) is 5.41 Å². The number of hydrogen-bond donors (Lipinski definition) is 0. The van der Waals surface area contributed by atoms with Crippen molar-refractivity contribution in [3.05, 3.63) is 24.3 Å². The Bertz CT molecular complexity index is 805. The van der Waals surface area contributed by atoms with Crippen molar-refractivity contribution in [2.24, 2.45) is 5.41 Å². The number of benzene rings is 1. The summed E-state index contributed by atoms with van der Waals surface area (Å²) in [5, 5.41) is 0. The monoisotopic (exact) mass is 442 g/mol. The molecule has 1 amide bonds. The Kier molecular flexibility index (Phi) is 5.55. The quantitative estimate of drug-likeness (QED) is 0.702. The van der Waals surface area contributed by atoms with Gasteiger partial charge in [0.1, 0.15) is 22.3 Å². The molecule has 3 aliphatic heterocycles. The highest BCUT2D eigenvalue weighted by atomic mass is 32.2. The summed E-state index contributed by atoms with van der Waals surface area (Å²) in [6, 6.07) is 6.31. The minimum Gasteiger partial charge on any atom is -0.444 e. The van der Waals surface area contributed by atoms with Crippen molar-refractivity contribution >= 4 is 17.1 Å². The molecule has 0 saturated carbocycles. The Morgan fingerprint density at radius 3 is 2.20 bits per heavy atom. The van der Waals surface area contributed by atoms with Crippen molar-refractivity contribution in [1.82, 2.24) is 9.21 Å². The van der Waals surface area contributed by atoms with Crippen molar-refractivity contribution in [2.45, 2.75) is 75.6 Å². The van der Waals surface area contributed by atoms with Crippen molar-refractivity contribution in [3.8, 4) is 5.75 Å². The van der Waals surface area contributed by atoms with Crippen LogP contribution >= 0.6 is 0 Å². The predicted molar refractivity (Wildman–Crippen MR) is 108 cm³/mol. The van der Waals surface area contributed by atoms with Crippen LogP contribution in [0.5, 0.6) is 5.75 Å². The fourth-order valence-corrected chi connectivity index (χ4v) is 6.47. The van der Waals surface area contributed by atoms with Crippen molar-refractivity contribution in [2.75, 3.05) is 13.1 Å². The van der Waals surface area contributed by atoms with E-state index in [1.165, 1.54) is 12.1 Å². The molecule has 2 bridgehead atoms. The molecule has 0 aliphatic carbocycles. The Morgan fingerprint density at radius 1 is 1.13 bits per heavy atom. The first kappa shape index (κ1) is 21.5. The highest BCUT2D eigenvalue weighted by Gasteiger charge is 2.56. The molecule has 1 spiro atoms. The highest BCUT2D eigenvalue weighted by Crippen LogP contribution is 2.51. The molecule has 3 unspecified atom stereocenters. The van der Waals surface area contributed by atoms with E-state index in [2.05, 4.69) is 4.74 Å². The summed E-state index contributed by atoms with van der Waals surface area (Å²) in [4.78, 5) is 15.1. The van der Waals surface area contributed by atoms with Crippen LogP contribution in [0.1, 0.15) is 46.5 Å². The van der Waals surface area contributed by atoms with E-state index in [4.69, 9.17) is 4.74 Å². The molecule has 1 aromatic carbocycles. The summed E-state index contributed by atoms with van der Waals surface area (Å²) in [5.41, 5.74) is -0.426. The molecule has 3 fully saturated rings. The van der Waals surface area contributed by atoms with Crippen molar-refractivity contribution in [3.63, 3.8) is 0 Å². The summed E-state index contributed by atoms with van der Waals surface area (Å²) >= 11 is 0. The number of rotatable bonds is 4. The molecule has 4 rings (SSSR count). The summed E-state index contributed by atoms with van der Waals surface area (Å²) in [6.07, 6.45) is 3.55. The third kappa shape index (κ3) is 4.32.